The van der Waals surface area contributed by atoms with E-state index in [9.17, 15) is 9.59 Å². The molecule has 0 radical (unpaired) electrons. The second kappa shape index (κ2) is 3.01. The Morgan fingerprint density at radius 2 is 2.45 bits per heavy atom. The van der Waals surface area contributed by atoms with Crippen molar-refractivity contribution in [1.82, 2.24) is 0 Å². The van der Waals surface area contributed by atoms with Gasteiger partial charge in [0, 0.05) is 6.07 Å². The quantitative estimate of drug-likeness (QED) is 0.468. The van der Waals surface area contributed by atoms with Crippen LogP contribution in [0.25, 0.3) is 0 Å². The molecule has 0 aliphatic carbocycles. The number of hydrogen-bond donors (Lipinski definition) is 0. The molecular formula is C7H6O4. The minimum absolute atomic E-state index is 0.0367. The van der Waals surface area contributed by atoms with Gasteiger partial charge in [-0.2, -0.15) is 0 Å². The van der Waals surface area contributed by atoms with E-state index in [1.165, 1.54) is 19.4 Å². The van der Waals surface area contributed by atoms with Crippen LogP contribution in [0.5, 0.6) is 0 Å². The first-order chi connectivity index (χ1) is 5.27. The van der Waals surface area contributed by atoms with Crippen LogP contribution in [0.2, 0.25) is 0 Å². The number of hydrogen-bond acceptors (Lipinski definition) is 4. The summed E-state index contributed by atoms with van der Waals surface area (Å²) in [4.78, 5) is 20.8. The molecule has 0 amide bonds. The van der Waals surface area contributed by atoms with Gasteiger partial charge < -0.3 is 9.15 Å². The summed E-state index contributed by atoms with van der Waals surface area (Å²) in [6.07, 6.45) is 1.79. The fraction of sp³-hybridized carbons (Fsp3) is 0.143. The zero-order valence-electron chi connectivity index (χ0n) is 5.87. The minimum Gasteiger partial charge on any atom is -0.463 e. The van der Waals surface area contributed by atoms with E-state index in [0.717, 1.165) is 0 Å². The molecule has 0 aliphatic heterocycles. The van der Waals surface area contributed by atoms with Crippen LogP contribution in [0.3, 0.4) is 0 Å². The van der Waals surface area contributed by atoms with Crippen LogP contribution in [-0.4, -0.2) is 19.4 Å². The maximum absolute atomic E-state index is 10.7. The molecule has 4 nitrogen and oxygen atoms in total. The Balaban J connectivity index is 2.88. The van der Waals surface area contributed by atoms with E-state index < -0.39 is 5.97 Å². The van der Waals surface area contributed by atoms with Crippen LogP contribution in [0.4, 0.5) is 0 Å². The highest BCUT2D eigenvalue weighted by atomic mass is 16.5. The van der Waals surface area contributed by atoms with Crippen LogP contribution in [0.15, 0.2) is 16.7 Å². The van der Waals surface area contributed by atoms with Gasteiger partial charge >= 0.3 is 5.97 Å². The third-order valence-electron chi connectivity index (χ3n) is 1.14. The molecular weight excluding hydrogens is 148 g/mol. The van der Waals surface area contributed by atoms with Crippen molar-refractivity contribution in [2.75, 3.05) is 7.11 Å². The molecule has 1 heterocycles. The molecule has 1 aromatic rings. The smallest absolute Gasteiger partial charge is 0.373 e. The topological polar surface area (TPSA) is 56.5 Å². The normalized spacial score (nSPS) is 9.18. The number of ether oxygens (including phenoxy) is 1. The Labute approximate surface area is 62.8 Å². The van der Waals surface area contributed by atoms with Crippen LogP contribution >= 0.6 is 0 Å². The number of rotatable bonds is 2. The number of esters is 1. The first-order valence-electron chi connectivity index (χ1n) is 2.90. The lowest BCUT2D eigenvalue weighted by Crippen LogP contribution is -1.98. The van der Waals surface area contributed by atoms with Crippen molar-refractivity contribution in [2.45, 2.75) is 0 Å². The lowest BCUT2D eigenvalue weighted by atomic mass is 10.3. The van der Waals surface area contributed by atoms with Crippen molar-refractivity contribution in [3.05, 3.63) is 23.7 Å². The fourth-order valence-electron chi connectivity index (χ4n) is 0.620. The zero-order chi connectivity index (χ0) is 8.27. The fourth-order valence-corrected chi connectivity index (χ4v) is 0.620. The van der Waals surface area contributed by atoms with E-state index in [0.29, 0.717) is 11.8 Å². The maximum atomic E-state index is 10.7. The van der Waals surface area contributed by atoms with Crippen molar-refractivity contribution >= 4 is 12.3 Å². The van der Waals surface area contributed by atoms with Gasteiger partial charge in [0.25, 0.3) is 0 Å². The van der Waals surface area contributed by atoms with Crippen molar-refractivity contribution in [3.63, 3.8) is 0 Å². The van der Waals surface area contributed by atoms with Crippen LogP contribution in [0.1, 0.15) is 20.9 Å². The first-order valence-corrected chi connectivity index (χ1v) is 2.90. The Hall–Kier alpha value is -1.58. The van der Waals surface area contributed by atoms with Gasteiger partial charge in [-0.25, -0.2) is 4.79 Å². The zero-order valence-corrected chi connectivity index (χ0v) is 5.87. The molecule has 0 bridgehead atoms. The van der Waals surface area contributed by atoms with Crippen LogP contribution in [0, 0.1) is 0 Å². The van der Waals surface area contributed by atoms with Crippen LogP contribution < -0.4 is 0 Å². The van der Waals surface area contributed by atoms with Gasteiger partial charge in [0.2, 0.25) is 5.76 Å². The summed E-state index contributed by atoms with van der Waals surface area (Å²) < 4.78 is 9.05. The number of carbonyl (C=O) groups is 2. The predicted octanol–water partition coefficient (Wildman–Crippen LogP) is 0.879. The molecule has 0 saturated carbocycles. The second-order valence-corrected chi connectivity index (χ2v) is 1.85. The number of aldehydes is 1. The summed E-state index contributed by atoms with van der Waals surface area (Å²) in [5.74, 6) is -0.548. The van der Waals surface area contributed by atoms with Gasteiger partial charge in [-0.3, -0.25) is 4.79 Å². The lowest BCUT2D eigenvalue weighted by molar-refractivity contribution is 0.0565. The van der Waals surface area contributed by atoms with E-state index >= 15 is 0 Å². The van der Waals surface area contributed by atoms with Crippen molar-refractivity contribution in [2.24, 2.45) is 0 Å². The monoisotopic (exact) mass is 154 g/mol. The molecule has 0 aliphatic rings. The van der Waals surface area contributed by atoms with E-state index in [4.69, 9.17) is 4.42 Å². The van der Waals surface area contributed by atoms with E-state index in [-0.39, 0.29) is 5.76 Å². The molecule has 0 atom stereocenters. The van der Waals surface area contributed by atoms with Crippen molar-refractivity contribution < 1.29 is 18.7 Å². The lowest BCUT2D eigenvalue weighted by Gasteiger charge is -1.89. The molecule has 4 heteroatoms. The molecule has 0 N–H and O–H groups in total. The van der Waals surface area contributed by atoms with Crippen LogP contribution in [-0.2, 0) is 4.74 Å². The van der Waals surface area contributed by atoms with Gasteiger partial charge in [0.05, 0.1) is 12.7 Å². The highest BCUT2D eigenvalue weighted by molar-refractivity contribution is 5.88. The van der Waals surface area contributed by atoms with E-state index in [2.05, 4.69) is 4.74 Å². The van der Waals surface area contributed by atoms with E-state index in [1.54, 1.807) is 0 Å². The Morgan fingerprint density at radius 3 is 2.91 bits per heavy atom. The maximum Gasteiger partial charge on any atom is 0.373 e. The van der Waals surface area contributed by atoms with Gasteiger partial charge in [-0.05, 0) is 0 Å². The summed E-state index contributed by atoms with van der Waals surface area (Å²) in [5, 5.41) is 0. The summed E-state index contributed by atoms with van der Waals surface area (Å²) in [5.41, 5.74) is 0.324. The van der Waals surface area contributed by atoms with E-state index in [1.807, 2.05) is 0 Å². The first kappa shape index (κ1) is 7.53. The van der Waals surface area contributed by atoms with Gasteiger partial charge in [0.15, 0.2) is 6.29 Å². The number of carbonyl (C=O) groups excluding carboxylic acids is 2. The highest BCUT2D eigenvalue weighted by Gasteiger charge is 2.09. The van der Waals surface area contributed by atoms with Gasteiger partial charge in [0.1, 0.15) is 6.26 Å². The number of furan rings is 1. The molecule has 0 spiro atoms. The summed E-state index contributed by atoms with van der Waals surface area (Å²) in [7, 11) is 1.24. The van der Waals surface area contributed by atoms with Gasteiger partial charge in [-0.15, -0.1) is 0 Å². The average Bonchev–Trinajstić information content (AvgIpc) is 2.50. The number of methoxy groups -OCH3 is 1. The molecule has 0 fully saturated rings. The predicted molar refractivity (Wildman–Crippen MR) is 35.4 cm³/mol. The molecule has 0 saturated heterocycles. The third-order valence-corrected chi connectivity index (χ3v) is 1.14. The third kappa shape index (κ3) is 1.46. The molecule has 0 aromatic carbocycles. The second-order valence-electron chi connectivity index (χ2n) is 1.85. The average molecular weight is 154 g/mol. The van der Waals surface area contributed by atoms with Crippen molar-refractivity contribution in [3.8, 4) is 0 Å². The summed E-state index contributed by atoms with van der Waals surface area (Å²) >= 11 is 0. The molecule has 11 heavy (non-hydrogen) atoms. The molecule has 1 rings (SSSR count). The molecule has 58 valence electrons. The standard InChI is InChI=1S/C7H6O4/c1-10-7(9)6-2-5(3-8)4-11-6/h2-4H,1H3. The minimum atomic E-state index is -0.585. The van der Waals surface area contributed by atoms with Crippen molar-refractivity contribution in [1.29, 1.82) is 0 Å². The Bertz CT molecular complexity index is 274. The van der Waals surface area contributed by atoms with Gasteiger partial charge in [-0.1, -0.05) is 0 Å². The Morgan fingerprint density at radius 1 is 1.73 bits per heavy atom. The summed E-state index contributed by atoms with van der Waals surface area (Å²) in [6, 6.07) is 1.32. The molecule has 1 aromatic heterocycles. The summed E-state index contributed by atoms with van der Waals surface area (Å²) in [6.45, 7) is 0. The molecule has 0 unspecified atom stereocenters. The highest BCUT2D eigenvalue weighted by Crippen LogP contribution is 2.06. The largest absolute Gasteiger partial charge is 0.463 e. The SMILES string of the molecule is COC(=O)c1cc(C=O)co1. The Kier molecular flexibility index (Phi) is 2.06.